The van der Waals surface area contributed by atoms with Crippen molar-refractivity contribution < 1.29 is 23.1 Å². The Bertz CT molecular complexity index is 1110. The number of nitrogens with one attached hydrogen (secondary N) is 2. The zero-order chi connectivity index (χ0) is 20.1. The molecular formula is C18H15N3O5S2. The summed E-state index contributed by atoms with van der Waals surface area (Å²) in [5.74, 6) is -2.14. The van der Waals surface area contributed by atoms with Crippen molar-refractivity contribution >= 4 is 43.9 Å². The van der Waals surface area contributed by atoms with E-state index in [0.29, 0.717) is 16.8 Å². The van der Waals surface area contributed by atoms with Crippen molar-refractivity contribution in [1.29, 1.82) is 0 Å². The quantitative estimate of drug-likeness (QED) is 0.543. The van der Waals surface area contributed by atoms with Crippen LogP contribution in [0.25, 0.3) is 0 Å². The second-order valence-corrected chi connectivity index (χ2v) is 8.25. The Morgan fingerprint density at radius 2 is 1.71 bits per heavy atom. The minimum Gasteiger partial charge on any atom is -0.476 e. The van der Waals surface area contributed by atoms with E-state index in [-0.39, 0.29) is 16.6 Å². The van der Waals surface area contributed by atoms with Crippen LogP contribution in [0.15, 0.2) is 60.1 Å². The van der Waals surface area contributed by atoms with Gasteiger partial charge in [0.2, 0.25) is 10.0 Å². The summed E-state index contributed by atoms with van der Waals surface area (Å²) in [4.78, 5) is 27.1. The highest BCUT2D eigenvalue weighted by atomic mass is 32.2. The number of sulfonamides is 1. The number of carboxylic acids is 1. The molecule has 3 aromatic rings. The van der Waals surface area contributed by atoms with Gasteiger partial charge in [-0.2, -0.15) is 0 Å². The Morgan fingerprint density at radius 1 is 1.04 bits per heavy atom. The molecule has 0 unspecified atom stereocenters. The number of aromatic carboxylic acids is 1. The third-order valence-corrected chi connectivity index (χ3v) is 5.74. The number of benzene rings is 2. The Hall–Kier alpha value is -3.24. The monoisotopic (exact) mass is 417 g/mol. The van der Waals surface area contributed by atoms with Crippen molar-refractivity contribution in [3.8, 4) is 0 Å². The average molecular weight is 417 g/mol. The summed E-state index contributed by atoms with van der Waals surface area (Å²) in [6, 6.07) is 15.0. The highest BCUT2D eigenvalue weighted by molar-refractivity contribution is 7.92. The fourth-order valence-electron chi connectivity index (χ4n) is 2.41. The summed E-state index contributed by atoms with van der Waals surface area (Å²) in [5.41, 5.74) is 2.04. The topological polar surface area (TPSA) is 125 Å². The van der Waals surface area contributed by atoms with Crippen LogP contribution in [-0.4, -0.2) is 30.4 Å². The first-order valence-electron chi connectivity index (χ1n) is 7.97. The Balaban J connectivity index is 1.80. The minimum atomic E-state index is -3.93. The molecule has 0 saturated heterocycles. The first kappa shape index (κ1) is 19.5. The molecule has 8 nitrogen and oxygen atoms in total. The van der Waals surface area contributed by atoms with Crippen LogP contribution in [0, 0.1) is 0 Å². The molecule has 144 valence electrons. The zero-order valence-corrected chi connectivity index (χ0v) is 16.0. The summed E-state index contributed by atoms with van der Waals surface area (Å²) in [6.45, 7) is 0. The maximum atomic E-state index is 12.5. The van der Waals surface area contributed by atoms with E-state index in [0.717, 1.165) is 11.3 Å². The van der Waals surface area contributed by atoms with Gasteiger partial charge in [0.25, 0.3) is 5.91 Å². The molecule has 10 heteroatoms. The van der Waals surface area contributed by atoms with Crippen LogP contribution in [0.4, 0.5) is 10.7 Å². The molecule has 0 bridgehead atoms. The van der Waals surface area contributed by atoms with Gasteiger partial charge in [-0.05, 0) is 23.8 Å². The lowest BCUT2D eigenvalue weighted by molar-refractivity contribution is 0.0692. The maximum Gasteiger partial charge on any atom is 0.357 e. The lowest BCUT2D eigenvalue weighted by atomic mass is 10.1. The average Bonchev–Trinajstić information content (AvgIpc) is 3.11. The third kappa shape index (κ3) is 4.72. The van der Waals surface area contributed by atoms with E-state index >= 15 is 0 Å². The Morgan fingerprint density at radius 3 is 2.43 bits per heavy atom. The molecule has 0 aliphatic rings. The van der Waals surface area contributed by atoms with E-state index in [4.69, 9.17) is 5.11 Å². The number of rotatable bonds is 7. The molecule has 1 amide bonds. The molecule has 0 fully saturated rings. The number of carbonyl (C=O) groups is 2. The number of para-hydroxylation sites is 1. The van der Waals surface area contributed by atoms with Gasteiger partial charge in [-0.15, -0.1) is 11.3 Å². The molecule has 3 N–H and O–H groups in total. The van der Waals surface area contributed by atoms with Crippen LogP contribution in [0.3, 0.4) is 0 Å². The lowest BCUT2D eigenvalue weighted by Crippen LogP contribution is -2.18. The summed E-state index contributed by atoms with van der Waals surface area (Å²) in [7, 11) is -3.93. The number of aromatic nitrogens is 1. The maximum absolute atomic E-state index is 12.5. The minimum absolute atomic E-state index is 0.0710. The first-order chi connectivity index (χ1) is 13.4. The van der Waals surface area contributed by atoms with Crippen LogP contribution in [0.5, 0.6) is 0 Å². The van der Waals surface area contributed by atoms with Gasteiger partial charge in [-0.3, -0.25) is 9.52 Å². The Kier molecular flexibility index (Phi) is 5.71. The van der Waals surface area contributed by atoms with Gasteiger partial charge in [0.05, 0.1) is 11.3 Å². The summed E-state index contributed by atoms with van der Waals surface area (Å²) < 4.78 is 27.3. The molecule has 1 aromatic heterocycles. The van der Waals surface area contributed by atoms with Gasteiger partial charge in [0.15, 0.2) is 5.69 Å². The van der Waals surface area contributed by atoms with E-state index in [2.05, 4.69) is 15.0 Å². The summed E-state index contributed by atoms with van der Waals surface area (Å²) in [5, 5.41) is 11.7. The van der Waals surface area contributed by atoms with Crippen LogP contribution in [0.1, 0.15) is 26.4 Å². The van der Waals surface area contributed by atoms with E-state index in [9.17, 15) is 18.0 Å². The largest absolute Gasteiger partial charge is 0.476 e. The smallest absolute Gasteiger partial charge is 0.357 e. The number of hydrogen-bond acceptors (Lipinski definition) is 6. The third-order valence-electron chi connectivity index (χ3n) is 3.67. The lowest BCUT2D eigenvalue weighted by Gasteiger charge is -2.12. The molecule has 0 spiro atoms. The van der Waals surface area contributed by atoms with Crippen LogP contribution in [0.2, 0.25) is 0 Å². The highest BCUT2D eigenvalue weighted by Crippen LogP contribution is 2.24. The summed E-state index contributed by atoms with van der Waals surface area (Å²) >= 11 is 0.875. The van der Waals surface area contributed by atoms with Crippen LogP contribution < -0.4 is 10.0 Å². The number of nitrogens with zero attached hydrogens (tertiary/aromatic N) is 1. The molecule has 0 saturated carbocycles. The van der Waals surface area contributed by atoms with Crippen molar-refractivity contribution in [2.75, 3.05) is 10.0 Å². The van der Waals surface area contributed by atoms with Gasteiger partial charge in [0.1, 0.15) is 5.00 Å². The highest BCUT2D eigenvalue weighted by Gasteiger charge is 2.21. The zero-order valence-electron chi connectivity index (χ0n) is 14.3. The molecule has 28 heavy (non-hydrogen) atoms. The molecule has 0 aliphatic heterocycles. The van der Waals surface area contributed by atoms with Crippen molar-refractivity contribution in [1.82, 2.24) is 4.98 Å². The molecule has 0 atom stereocenters. The normalized spacial score (nSPS) is 11.0. The van der Waals surface area contributed by atoms with Crippen molar-refractivity contribution in [2.24, 2.45) is 0 Å². The van der Waals surface area contributed by atoms with Crippen molar-refractivity contribution in [3.63, 3.8) is 0 Å². The number of carbonyl (C=O) groups excluding carboxylic acids is 1. The molecule has 0 aliphatic carbocycles. The summed E-state index contributed by atoms with van der Waals surface area (Å²) in [6.07, 6.45) is 0. The fourth-order valence-corrected chi connectivity index (χ4v) is 4.61. The predicted octanol–water partition coefficient (Wildman–Crippen LogP) is 3.04. The first-order valence-corrected chi connectivity index (χ1v) is 10.5. The van der Waals surface area contributed by atoms with Crippen molar-refractivity contribution in [2.45, 2.75) is 5.75 Å². The molecule has 3 rings (SSSR count). The van der Waals surface area contributed by atoms with Crippen LogP contribution >= 0.6 is 11.3 Å². The second-order valence-electron chi connectivity index (χ2n) is 5.67. The second kappa shape index (κ2) is 8.19. The van der Waals surface area contributed by atoms with Gasteiger partial charge in [0, 0.05) is 11.3 Å². The van der Waals surface area contributed by atoms with E-state index in [1.807, 2.05) is 0 Å². The number of carboxylic acid groups (broad SMARTS) is 1. The molecular weight excluding hydrogens is 402 g/mol. The Labute approximate surface area is 164 Å². The van der Waals surface area contributed by atoms with Crippen molar-refractivity contribution in [3.05, 3.63) is 76.9 Å². The number of amides is 1. The molecule has 0 radical (unpaired) electrons. The van der Waals surface area contributed by atoms with E-state index in [1.165, 1.54) is 5.51 Å². The SMILES string of the molecule is O=C(Nc1ccccc1CS(=O)(=O)Nc1scnc1C(=O)O)c1ccccc1. The van der Waals surface area contributed by atoms with Gasteiger partial charge < -0.3 is 10.4 Å². The fraction of sp³-hybridized carbons (Fsp3) is 0.0556. The molecule has 1 heterocycles. The van der Waals surface area contributed by atoms with E-state index in [1.54, 1.807) is 54.6 Å². The standard InChI is InChI=1S/C18H15N3O5S2/c22-16(12-6-2-1-3-7-12)20-14-9-5-4-8-13(14)10-28(25,26)21-17-15(18(23)24)19-11-27-17/h1-9,11,21H,10H2,(H,20,22)(H,23,24). The molecule has 2 aromatic carbocycles. The van der Waals surface area contributed by atoms with Gasteiger partial charge in [-0.25, -0.2) is 18.2 Å². The van der Waals surface area contributed by atoms with Gasteiger partial charge in [-0.1, -0.05) is 36.4 Å². The number of thiazole rings is 1. The van der Waals surface area contributed by atoms with E-state index < -0.39 is 21.7 Å². The number of anilines is 2. The number of hydrogen-bond donors (Lipinski definition) is 3. The predicted molar refractivity (Wildman–Crippen MR) is 106 cm³/mol. The van der Waals surface area contributed by atoms with Crippen LogP contribution in [-0.2, 0) is 15.8 Å². The van der Waals surface area contributed by atoms with Gasteiger partial charge >= 0.3 is 5.97 Å².